The Bertz CT molecular complexity index is 1140. The molecule has 1 heterocycles. The molecule has 2 aliphatic rings. The Morgan fingerprint density at radius 1 is 1.22 bits per heavy atom. The van der Waals surface area contributed by atoms with Crippen molar-refractivity contribution in [1.29, 1.82) is 0 Å². The lowest BCUT2D eigenvalue weighted by atomic mass is 9.64. The Labute approximate surface area is 248 Å². The lowest BCUT2D eigenvalue weighted by Crippen LogP contribution is -2.46. The SMILES string of the molecule is CCOC(=O)C1CCC(N=C(C(=CN)C(=O)N(CC2CC(C)(C)C2)CC(O)c2c(Cl)cncc2Cl)C(F)(F)F)CC1. The quantitative estimate of drug-likeness (QED) is 0.198. The minimum atomic E-state index is -4.97. The Morgan fingerprint density at radius 2 is 1.80 bits per heavy atom. The lowest BCUT2D eigenvalue weighted by Gasteiger charge is -2.45. The van der Waals surface area contributed by atoms with Crippen molar-refractivity contribution in [3.05, 3.63) is 39.8 Å². The molecule has 2 aliphatic carbocycles. The van der Waals surface area contributed by atoms with Crippen LogP contribution in [0, 0.1) is 17.3 Å². The second-order valence-corrected chi connectivity index (χ2v) is 12.3. The van der Waals surface area contributed by atoms with Gasteiger partial charge in [0.15, 0.2) is 5.71 Å². The number of carbonyl (C=O) groups excluding carboxylic acids is 2. The summed E-state index contributed by atoms with van der Waals surface area (Å²) in [5.74, 6) is -1.74. The van der Waals surface area contributed by atoms with Crippen molar-refractivity contribution < 1.29 is 32.6 Å². The van der Waals surface area contributed by atoms with Crippen LogP contribution in [0.25, 0.3) is 0 Å². The molecule has 0 bridgehead atoms. The molecule has 0 aliphatic heterocycles. The van der Waals surface area contributed by atoms with Crippen LogP contribution in [0.1, 0.15) is 71.0 Å². The molecule has 2 saturated carbocycles. The van der Waals surface area contributed by atoms with Crippen molar-refractivity contribution in [1.82, 2.24) is 9.88 Å². The van der Waals surface area contributed by atoms with Crippen LogP contribution >= 0.6 is 23.2 Å². The molecule has 41 heavy (non-hydrogen) atoms. The average molecular weight is 622 g/mol. The zero-order valence-electron chi connectivity index (χ0n) is 23.4. The first-order valence-corrected chi connectivity index (χ1v) is 14.4. The summed E-state index contributed by atoms with van der Waals surface area (Å²) in [7, 11) is 0. The number of hydrogen-bond acceptors (Lipinski definition) is 7. The topological polar surface area (TPSA) is 118 Å². The predicted molar refractivity (Wildman–Crippen MR) is 150 cm³/mol. The number of amides is 1. The fraction of sp³-hybridized carbons (Fsp3) is 0.643. The predicted octanol–water partition coefficient (Wildman–Crippen LogP) is 5.65. The van der Waals surface area contributed by atoms with E-state index in [0.29, 0.717) is 19.0 Å². The van der Waals surface area contributed by atoms with Gasteiger partial charge in [0.2, 0.25) is 0 Å². The summed E-state index contributed by atoms with van der Waals surface area (Å²) in [5, 5.41) is 11.1. The maximum atomic E-state index is 14.4. The van der Waals surface area contributed by atoms with Gasteiger partial charge in [-0.1, -0.05) is 37.0 Å². The maximum Gasteiger partial charge on any atom is 0.433 e. The van der Waals surface area contributed by atoms with E-state index in [-0.39, 0.29) is 65.4 Å². The molecule has 3 rings (SSSR count). The fourth-order valence-electron chi connectivity index (χ4n) is 5.82. The third-order valence-corrected chi connectivity index (χ3v) is 8.22. The zero-order valence-corrected chi connectivity index (χ0v) is 24.9. The van der Waals surface area contributed by atoms with Gasteiger partial charge >= 0.3 is 12.1 Å². The van der Waals surface area contributed by atoms with Crippen LogP contribution in [0.5, 0.6) is 0 Å². The molecule has 1 amide bonds. The number of aliphatic hydroxyl groups is 1. The fourth-order valence-corrected chi connectivity index (χ4v) is 6.44. The minimum Gasteiger partial charge on any atom is -0.466 e. The van der Waals surface area contributed by atoms with Gasteiger partial charge in [-0.25, -0.2) is 0 Å². The van der Waals surface area contributed by atoms with Crippen LogP contribution in [0.4, 0.5) is 13.2 Å². The molecule has 1 atom stereocenters. The normalized spacial score (nSPS) is 22.6. The first-order valence-electron chi connectivity index (χ1n) is 13.7. The van der Waals surface area contributed by atoms with Crippen LogP contribution in [0.2, 0.25) is 10.0 Å². The molecule has 8 nitrogen and oxygen atoms in total. The van der Waals surface area contributed by atoms with Gasteiger partial charge in [0.1, 0.15) is 0 Å². The number of aliphatic hydroxyl groups excluding tert-OH is 1. The summed E-state index contributed by atoms with van der Waals surface area (Å²) in [6.45, 7) is 5.79. The van der Waals surface area contributed by atoms with Crippen molar-refractivity contribution in [3.63, 3.8) is 0 Å². The third-order valence-electron chi connectivity index (χ3n) is 7.61. The Morgan fingerprint density at radius 3 is 2.29 bits per heavy atom. The van der Waals surface area contributed by atoms with E-state index in [1.54, 1.807) is 6.92 Å². The molecule has 2 fully saturated rings. The minimum absolute atomic E-state index is 0.0213. The Hall–Kier alpha value is -2.37. The first kappa shape index (κ1) is 33.1. The number of rotatable bonds is 10. The van der Waals surface area contributed by atoms with Gasteiger partial charge in [-0.05, 0) is 56.8 Å². The number of aliphatic imine (C=N–C) groups is 1. The number of halogens is 5. The van der Waals surface area contributed by atoms with Gasteiger partial charge in [-0.15, -0.1) is 0 Å². The monoisotopic (exact) mass is 620 g/mol. The number of nitrogens with two attached hydrogens (primary N) is 1. The van der Waals surface area contributed by atoms with Crippen molar-refractivity contribution in [2.24, 2.45) is 28.0 Å². The van der Waals surface area contributed by atoms with Crippen molar-refractivity contribution in [3.8, 4) is 0 Å². The van der Waals surface area contributed by atoms with Gasteiger partial charge in [-0.2, -0.15) is 13.2 Å². The van der Waals surface area contributed by atoms with Gasteiger partial charge in [-0.3, -0.25) is 19.6 Å². The number of pyridine rings is 1. The summed E-state index contributed by atoms with van der Waals surface area (Å²) in [6, 6.07) is -0.749. The molecule has 1 unspecified atom stereocenters. The average Bonchev–Trinajstić information content (AvgIpc) is 2.86. The maximum absolute atomic E-state index is 14.4. The number of carbonyl (C=O) groups is 2. The molecule has 1 aromatic rings. The van der Waals surface area contributed by atoms with E-state index in [0.717, 1.165) is 17.7 Å². The summed E-state index contributed by atoms with van der Waals surface area (Å²) in [6.07, 6.45) is -0.543. The summed E-state index contributed by atoms with van der Waals surface area (Å²) in [5.41, 5.74) is 3.64. The number of ether oxygens (including phenoxy) is 1. The highest BCUT2D eigenvalue weighted by Crippen LogP contribution is 2.45. The first-order chi connectivity index (χ1) is 19.2. The molecular formula is C28H37Cl2F3N4O4. The standard InChI is InChI=1S/C28H37Cl2F3N4O4/c1-4-41-26(40)17-5-7-18(8-6-17)36-24(28(31,32)33)19(11-34)25(39)37(14-16-9-27(2,3)10-16)15-22(38)23-20(29)12-35-13-21(23)30/h11-13,16-18,22,38H,4-10,14-15,34H2,1-3H3. The molecule has 228 valence electrons. The molecular weight excluding hydrogens is 584 g/mol. The van der Waals surface area contributed by atoms with Gasteiger partial charge in [0, 0.05) is 30.7 Å². The van der Waals surface area contributed by atoms with E-state index in [1.165, 1.54) is 12.4 Å². The molecule has 13 heteroatoms. The summed E-state index contributed by atoms with van der Waals surface area (Å²) >= 11 is 12.4. The van der Waals surface area contributed by atoms with Crippen LogP contribution in [-0.2, 0) is 14.3 Å². The molecule has 0 spiro atoms. The second-order valence-electron chi connectivity index (χ2n) is 11.5. The Balaban J connectivity index is 1.87. The van der Waals surface area contributed by atoms with Crippen molar-refractivity contribution >= 4 is 40.8 Å². The van der Waals surface area contributed by atoms with E-state index in [2.05, 4.69) is 23.8 Å². The summed E-state index contributed by atoms with van der Waals surface area (Å²) in [4.78, 5) is 34.7. The molecule has 0 saturated heterocycles. The number of esters is 1. The molecule has 3 N–H and O–H groups in total. The van der Waals surface area contributed by atoms with E-state index in [4.69, 9.17) is 33.7 Å². The highest BCUT2D eigenvalue weighted by atomic mass is 35.5. The molecule has 1 aromatic heterocycles. The van der Waals surface area contributed by atoms with Gasteiger partial charge < -0.3 is 20.5 Å². The van der Waals surface area contributed by atoms with Crippen molar-refractivity contribution in [2.45, 2.75) is 77.6 Å². The van der Waals surface area contributed by atoms with Crippen LogP contribution in [-0.4, -0.2) is 64.5 Å². The van der Waals surface area contributed by atoms with E-state index in [1.807, 2.05) is 0 Å². The highest BCUT2D eigenvalue weighted by molar-refractivity contribution is 6.35. The third kappa shape index (κ3) is 8.58. The van der Waals surface area contributed by atoms with E-state index >= 15 is 0 Å². The number of hydrogen-bond donors (Lipinski definition) is 2. The smallest absolute Gasteiger partial charge is 0.433 e. The summed E-state index contributed by atoms with van der Waals surface area (Å²) < 4.78 is 48.1. The molecule has 0 aromatic carbocycles. The zero-order chi connectivity index (χ0) is 30.5. The van der Waals surface area contributed by atoms with E-state index < -0.39 is 41.4 Å². The second kappa shape index (κ2) is 13.7. The van der Waals surface area contributed by atoms with Crippen LogP contribution in [0.3, 0.4) is 0 Å². The van der Waals surface area contributed by atoms with Gasteiger partial charge in [0.25, 0.3) is 5.91 Å². The van der Waals surface area contributed by atoms with Crippen LogP contribution < -0.4 is 5.73 Å². The molecule has 0 radical (unpaired) electrons. The van der Waals surface area contributed by atoms with Crippen molar-refractivity contribution in [2.75, 3.05) is 19.7 Å². The number of nitrogens with zero attached hydrogens (tertiary/aromatic N) is 3. The largest absolute Gasteiger partial charge is 0.466 e. The lowest BCUT2D eigenvalue weighted by molar-refractivity contribution is -0.149. The number of aromatic nitrogens is 1. The van der Waals surface area contributed by atoms with Gasteiger partial charge in [0.05, 0.1) is 46.8 Å². The van der Waals surface area contributed by atoms with E-state index in [9.17, 15) is 27.9 Å². The number of alkyl halides is 3. The Kier molecular flexibility index (Phi) is 11.1. The highest BCUT2D eigenvalue weighted by Gasteiger charge is 2.44. The van der Waals surface area contributed by atoms with Crippen LogP contribution in [0.15, 0.2) is 29.2 Å².